The minimum Gasteiger partial charge on any atom is -0.326 e. The van der Waals surface area contributed by atoms with E-state index in [0.29, 0.717) is 12.8 Å². The minimum absolute atomic E-state index is 0. The molecule has 1 saturated heterocycles. The number of halogens is 1. The van der Waals surface area contributed by atoms with Crippen molar-refractivity contribution in [3.8, 4) is 0 Å². The first-order valence-electron chi connectivity index (χ1n) is 7.78. The molecule has 7 nitrogen and oxygen atoms in total. The smallest absolute Gasteiger partial charge is 0.276 e. The highest BCUT2D eigenvalue weighted by Gasteiger charge is 2.29. The Kier molecular flexibility index (Phi) is 8.11. The second-order valence-corrected chi connectivity index (χ2v) is 7.23. The normalized spacial score (nSPS) is 16.4. The Morgan fingerprint density at radius 3 is 2.58 bits per heavy atom. The van der Waals surface area contributed by atoms with Gasteiger partial charge in [-0.15, -0.1) is 12.4 Å². The van der Waals surface area contributed by atoms with E-state index in [-0.39, 0.29) is 37.3 Å². The Labute approximate surface area is 149 Å². The number of hydrogen-bond acceptors (Lipinski definition) is 4. The minimum atomic E-state index is -3.65. The number of benzene rings is 1. The maximum absolute atomic E-state index is 12.3. The third kappa shape index (κ3) is 6.03. The molecule has 136 valence electrons. The molecule has 1 aliphatic heterocycles. The Morgan fingerprint density at radius 1 is 1.33 bits per heavy atom. The molecular formula is C15H25ClN4O3S. The first-order valence-corrected chi connectivity index (χ1v) is 9.29. The number of amides is 1. The number of piperidine rings is 1. The summed E-state index contributed by atoms with van der Waals surface area (Å²) in [5, 5.41) is 11.3. The van der Waals surface area contributed by atoms with Crippen LogP contribution in [0.2, 0.25) is 0 Å². The maximum atomic E-state index is 12.3. The molecule has 1 aromatic carbocycles. The van der Waals surface area contributed by atoms with Gasteiger partial charge in [-0.1, -0.05) is 19.1 Å². The van der Waals surface area contributed by atoms with Gasteiger partial charge in [-0.05, 0) is 37.1 Å². The molecule has 0 bridgehead atoms. The van der Waals surface area contributed by atoms with Gasteiger partial charge in [0.15, 0.2) is 0 Å². The molecule has 1 aliphatic rings. The summed E-state index contributed by atoms with van der Waals surface area (Å²) >= 11 is 0. The molecule has 1 fully saturated rings. The fraction of sp³-hybridized carbons (Fsp3) is 0.533. The fourth-order valence-electron chi connectivity index (χ4n) is 2.65. The van der Waals surface area contributed by atoms with Crippen molar-refractivity contribution in [1.82, 2.24) is 9.62 Å². The molecule has 9 heteroatoms. The Bertz CT molecular complexity index is 646. The summed E-state index contributed by atoms with van der Waals surface area (Å²) in [6, 6.07) is 7.71. The third-order valence-corrected chi connectivity index (χ3v) is 5.04. The average molecular weight is 377 g/mol. The number of nitrogens with zero attached hydrogens (tertiary/aromatic N) is 1. The van der Waals surface area contributed by atoms with E-state index >= 15 is 0 Å². The molecule has 1 amide bonds. The van der Waals surface area contributed by atoms with E-state index in [9.17, 15) is 13.2 Å². The summed E-state index contributed by atoms with van der Waals surface area (Å²) in [7, 11) is -3.65. The van der Waals surface area contributed by atoms with Crippen LogP contribution < -0.4 is 15.8 Å². The molecule has 1 heterocycles. The molecule has 0 unspecified atom stereocenters. The van der Waals surface area contributed by atoms with Crippen molar-refractivity contribution in [1.29, 1.82) is 0 Å². The number of carbonyl (C=O) groups is 1. The summed E-state index contributed by atoms with van der Waals surface area (Å²) in [5.41, 5.74) is 1.87. The van der Waals surface area contributed by atoms with Gasteiger partial charge in [0, 0.05) is 31.2 Å². The molecule has 4 N–H and O–H groups in total. The number of carbonyl (C=O) groups excluding carboxylic acids is 1. The largest absolute Gasteiger partial charge is 0.326 e. The fourth-order valence-corrected chi connectivity index (χ4v) is 3.36. The third-order valence-electron chi connectivity index (χ3n) is 3.96. The highest BCUT2D eigenvalue weighted by Crippen LogP contribution is 2.21. The second kappa shape index (κ2) is 9.33. The topological polar surface area (TPSA) is 105 Å². The van der Waals surface area contributed by atoms with E-state index in [1.54, 1.807) is 0 Å². The molecule has 0 saturated carbocycles. The number of hydrogen-bond donors (Lipinski definition) is 3. The lowest BCUT2D eigenvalue weighted by molar-refractivity contribution is -0.120. The first kappa shape index (κ1) is 20.9. The lowest BCUT2D eigenvalue weighted by Crippen LogP contribution is -2.44. The van der Waals surface area contributed by atoms with E-state index in [0.717, 1.165) is 24.3 Å². The van der Waals surface area contributed by atoms with Gasteiger partial charge in [-0.2, -0.15) is 12.7 Å². The molecule has 0 radical (unpaired) electrons. The summed E-state index contributed by atoms with van der Waals surface area (Å²) < 4.78 is 23.8. The van der Waals surface area contributed by atoms with Crippen LogP contribution in [0, 0.1) is 5.92 Å². The van der Waals surface area contributed by atoms with Crippen molar-refractivity contribution >= 4 is 34.2 Å². The molecular weight excluding hydrogens is 352 g/mol. The van der Waals surface area contributed by atoms with Crippen LogP contribution in [0.1, 0.15) is 25.3 Å². The highest BCUT2D eigenvalue weighted by atomic mass is 35.5. The number of anilines is 1. The van der Waals surface area contributed by atoms with Gasteiger partial charge in [0.05, 0.1) is 0 Å². The lowest BCUT2D eigenvalue weighted by Gasteiger charge is -2.29. The van der Waals surface area contributed by atoms with Crippen LogP contribution in [0.4, 0.5) is 5.69 Å². The average Bonchev–Trinajstić information content (AvgIpc) is 2.52. The molecule has 0 aromatic heterocycles. The van der Waals surface area contributed by atoms with Crippen LogP contribution in [-0.4, -0.2) is 38.3 Å². The summed E-state index contributed by atoms with van der Waals surface area (Å²) in [6.07, 6.45) is 0.971. The molecule has 0 atom stereocenters. The van der Waals surface area contributed by atoms with Crippen LogP contribution in [0.5, 0.6) is 0 Å². The van der Waals surface area contributed by atoms with Crippen molar-refractivity contribution in [2.45, 2.75) is 26.3 Å². The zero-order chi connectivity index (χ0) is 16.9. The van der Waals surface area contributed by atoms with Gasteiger partial charge >= 0.3 is 0 Å². The molecule has 24 heavy (non-hydrogen) atoms. The monoisotopic (exact) mass is 376 g/mol. The number of nitrogens with one attached hydrogen (secondary N) is 2. The van der Waals surface area contributed by atoms with Gasteiger partial charge in [-0.3, -0.25) is 4.79 Å². The van der Waals surface area contributed by atoms with Crippen LogP contribution in [0.15, 0.2) is 24.3 Å². The quantitative estimate of drug-likeness (QED) is 0.690. The predicted octanol–water partition coefficient (Wildman–Crippen LogP) is 1.07. The Balaban J connectivity index is 0.00000288. The van der Waals surface area contributed by atoms with Crippen LogP contribution in [-0.2, 0) is 21.5 Å². The van der Waals surface area contributed by atoms with E-state index in [4.69, 9.17) is 5.14 Å². The van der Waals surface area contributed by atoms with Gasteiger partial charge in [0.25, 0.3) is 10.2 Å². The molecule has 0 spiro atoms. The van der Waals surface area contributed by atoms with Crippen molar-refractivity contribution in [2.24, 2.45) is 11.1 Å². The summed E-state index contributed by atoms with van der Waals surface area (Å²) in [5.74, 6) is -0.259. The van der Waals surface area contributed by atoms with E-state index in [2.05, 4.69) is 10.6 Å². The van der Waals surface area contributed by atoms with Gasteiger partial charge in [-0.25, -0.2) is 5.14 Å². The zero-order valence-electron chi connectivity index (χ0n) is 13.7. The van der Waals surface area contributed by atoms with Crippen molar-refractivity contribution < 1.29 is 13.2 Å². The first-order chi connectivity index (χ1) is 10.9. The van der Waals surface area contributed by atoms with E-state index in [1.807, 2.05) is 31.2 Å². The van der Waals surface area contributed by atoms with Crippen LogP contribution in [0.3, 0.4) is 0 Å². The van der Waals surface area contributed by atoms with Gasteiger partial charge in [0.1, 0.15) is 0 Å². The number of rotatable bonds is 6. The van der Waals surface area contributed by atoms with Gasteiger partial charge < -0.3 is 10.6 Å². The van der Waals surface area contributed by atoms with Crippen LogP contribution >= 0.6 is 12.4 Å². The van der Waals surface area contributed by atoms with E-state index in [1.165, 1.54) is 4.31 Å². The van der Waals surface area contributed by atoms with Crippen molar-refractivity contribution in [3.63, 3.8) is 0 Å². The standard InChI is InChI=1S/C15H24N4O3S.ClH/c1-2-17-11-12-4-3-5-14(10-12)18-15(20)13-6-8-19(9-7-13)23(16,21)22;/h3-5,10,13,17H,2,6-9,11H2,1H3,(H,18,20)(H2,16,21,22);1H. The summed E-state index contributed by atoms with van der Waals surface area (Å²) in [6.45, 7) is 4.26. The molecule has 1 aromatic rings. The number of nitrogens with two attached hydrogens (primary N) is 1. The SMILES string of the molecule is CCNCc1cccc(NC(=O)C2CCN(S(N)(=O)=O)CC2)c1.Cl. The van der Waals surface area contributed by atoms with Crippen molar-refractivity contribution in [3.05, 3.63) is 29.8 Å². The van der Waals surface area contributed by atoms with Crippen molar-refractivity contribution in [2.75, 3.05) is 25.0 Å². The zero-order valence-corrected chi connectivity index (χ0v) is 15.3. The molecule has 2 rings (SSSR count). The van der Waals surface area contributed by atoms with Crippen LogP contribution in [0.25, 0.3) is 0 Å². The Morgan fingerprint density at radius 2 is 2.00 bits per heavy atom. The predicted molar refractivity (Wildman–Crippen MR) is 97.1 cm³/mol. The summed E-state index contributed by atoms with van der Waals surface area (Å²) in [4.78, 5) is 12.3. The second-order valence-electron chi connectivity index (χ2n) is 5.69. The lowest BCUT2D eigenvalue weighted by atomic mass is 9.97. The Hall–Kier alpha value is -1.19. The van der Waals surface area contributed by atoms with E-state index < -0.39 is 10.2 Å². The maximum Gasteiger partial charge on any atom is 0.276 e. The highest BCUT2D eigenvalue weighted by molar-refractivity contribution is 7.86. The van der Waals surface area contributed by atoms with Gasteiger partial charge in [0.2, 0.25) is 5.91 Å². The molecule has 0 aliphatic carbocycles.